The van der Waals surface area contributed by atoms with E-state index >= 15 is 0 Å². The molecule has 0 radical (unpaired) electrons. The number of sulfonamides is 1. The third-order valence-corrected chi connectivity index (χ3v) is 4.85. The fourth-order valence-electron chi connectivity index (χ4n) is 1.55. The molecule has 0 aliphatic rings. The number of hydrogen-bond acceptors (Lipinski definition) is 6. The normalized spacial score (nSPS) is 10.7. The Balaban J connectivity index is 2.31. The van der Waals surface area contributed by atoms with E-state index in [0.717, 1.165) is 11.3 Å². The summed E-state index contributed by atoms with van der Waals surface area (Å²) in [6.07, 6.45) is 0. The summed E-state index contributed by atoms with van der Waals surface area (Å²) in [5.74, 6) is -0.609. The molecule has 0 saturated heterocycles. The average Bonchev–Trinajstić information content (AvgIpc) is 2.94. The Bertz CT molecular complexity index is 801. The van der Waals surface area contributed by atoms with Crippen molar-refractivity contribution >= 4 is 33.0 Å². The Kier molecular flexibility index (Phi) is 4.26. The van der Waals surface area contributed by atoms with Gasteiger partial charge in [0, 0.05) is 0 Å². The van der Waals surface area contributed by atoms with Gasteiger partial charge in [0.15, 0.2) is 0 Å². The number of hydrogen-bond donors (Lipinski definition) is 1. The smallest absolute Gasteiger partial charge is 0.350 e. The predicted molar refractivity (Wildman–Crippen MR) is 77.6 cm³/mol. The Morgan fingerprint density at radius 3 is 2.52 bits per heavy atom. The highest BCUT2D eigenvalue weighted by Gasteiger charge is 2.20. The van der Waals surface area contributed by atoms with E-state index < -0.39 is 16.0 Å². The van der Waals surface area contributed by atoms with Gasteiger partial charge in [-0.25, -0.2) is 13.2 Å². The number of nitrogens with zero attached hydrogens (tertiary/aromatic N) is 1. The van der Waals surface area contributed by atoms with Gasteiger partial charge < -0.3 is 4.74 Å². The summed E-state index contributed by atoms with van der Waals surface area (Å²) >= 11 is 1.08. The molecule has 8 heteroatoms. The zero-order valence-electron chi connectivity index (χ0n) is 10.9. The minimum absolute atomic E-state index is 0.00326. The molecule has 0 amide bonds. The first-order valence-corrected chi connectivity index (χ1v) is 8.03. The molecule has 1 N–H and O–H groups in total. The maximum atomic E-state index is 12.2. The number of methoxy groups -OCH3 is 1. The van der Waals surface area contributed by atoms with Crippen LogP contribution in [0.2, 0.25) is 0 Å². The number of esters is 1. The molecular formula is C13H10N2O4S2. The quantitative estimate of drug-likeness (QED) is 0.871. The van der Waals surface area contributed by atoms with E-state index in [1.807, 2.05) is 6.07 Å². The van der Waals surface area contributed by atoms with Gasteiger partial charge >= 0.3 is 5.97 Å². The van der Waals surface area contributed by atoms with E-state index in [1.165, 1.54) is 37.4 Å². The molecule has 0 bridgehead atoms. The Morgan fingerprint density at radius 1 is 1.29 bits per heavy atom. The largest absolute Gasteiger partial charge is 0.465 e. The molecular weight excluding hydrogens is 312 g/mol. The van der Waals surface area contributed by atoms with Crippen molar-refractivity contribution in [3.63, 3.8) is 0 Å². The van der Waals surface area contributed by atoms with Crippen LogP contribution in [0.25, 0.3) is 0 Å². The van der Waals surface area contributed by atoms with Gasteiger partial charge in [0.1, 0.15) is 4.88 Å². The number of rotatable bonds is 4. The lowest BCUT2D eigenvalue weighted by Gasteiger charge is -2.08. The highest BCUT2D eigenvalue weighted by Crippen LogP contribution is 2.26. The molecule has 6 nitrogen and oxygen atoms in total. The maximum absolute atomic E-state index is 12.2. The van der Waals surface area contributed by atoms with Crippen LogP contribution in [-0.2, 0) is 14.8 Å². The van der Waals surface area contributed by atoms with Gasteiger partial charge in [0.2, 0.25) is 0 Å². The third kappa shape index (κ3) is 3.21. The summed E-state index contributed by atoms with van der Waals surface area (Å²) in [4.78, 5) is 11.7. The molecule has 0 atom stereocenters. The third-order valence-electron chi connectivity index (χ3n) is 2.57. The summed E-state index contributed by atoms with van der Waals surface area (Å²) in [5, 5.41) is 10.3. The van der Waals surface area contributed by atoms with Crippen LogP contribution in [0.1, 0.15) is 15.2 Å². The van der Waals surface area contributed by atoms with Crippen LogP contribution in [0, 0.1) is 11.3 Å². The molecule has 1 heterocycles. The van der Waals surface area contributed by atoms with Crippen molar-refractivity contribution in [1.82, 2.24) is 0 Å². The molecule has 1 aromatic carbocycles. The van der Waals surface area contributed by atoms with Crippen LogP contribution in [0.4, 0.5) is 5.69 Å². The summed E-state index contributed by atoms with van der Waals surface area (Å²) in [6, 6.07) is 8.85. The van der Waals surface area contributed by atoms with Gasteiger partial charge in [-0.2, -0.15) is 5.26 Å². The second-order valence-electron chi connectivity index (χ2n) is 3.90. The molecule has 0 fully saturated rings. The lowest BCUT2D eigenvalue weighted by molar-refractivity contribution is 0.0607. The van der Waals surface area contributed by atoms with Crippen molar-refractivity contribution < 1.29 is 17.9 Å². The van der Waals surface area contributed by atoms with Crippen molar-refractivity contribution in [3.05, 3.63) is 46.2 Å². The van der Waals surface area contributed by atoms with Crippen molar-refractivity contribution in [2.24, 2.45) is 0 Å². The highest BCUT2D eigenvalue weighted by atomic mass is 32.2. The molecule has 0 spiro atoms. The van der Waals surface area contributed by atoms with E-state index in [-0.39, 0.29) is 15.5 Å². The Labute approximate surface area is 125 Å². The molecule has 2 rings (SSSR count). The minimum atomic E-state index is -3.83. The fourth-order valence-corrected chi connectivity index (χ4v) is 3.45. The molecule has 0 unspecified atom stereocenters. The molecule has 21 heavy (non-hydrogen) atoms. The van der Waals surface area contributed by atoms with Gasteiger partial charge in [-0.15, -0.1) is 11.3 Å². The molecule has 0 saturated carbocycles. The lowest BCUT2D eigenvalue weighted by Crippen LogP contribution is -2.14. The van der Waals surface area contributed by atoms with E-state index in [1.54, 1.807) is 5.38 Å². The van der Waals surface area contributed by atoms with Gasteiger partial charge in [-0.1, -0.05) is 0 Å². The van der Waals surface area contributed by atoms with E-state index in [9.17, 15) is 13.2 Å². The summed E-state index contributed by atoms with van der Waals surface area (Å²) in [6.45, 7) is 0. The van der Waals surface area contributed by atoms with E-state index in [4.69, 9.17) is 5.26 Å². The van der Waals surface area contributed by atoms with Crippen LogP contribution in [0.5, 0.6) is 0 Å². The first-order valence-electron chi connectivity index (χ1n) is 5.66. The van der Waals surface area contributed by atoms with Gasteiger partial charge in [0.05, 0.1) is 29.3 Å². The minimum Gasteiger partial charge on any atom is -0.465 e. The number of benzene rings is 1. The molecule has 0 aliphatic heterocycles. The van der Waals surface area contributed by atoms with E-state index in [2.05, 4.69) is 9.46 Å². The molecule has 2 aromatic rings. The van der Waals surface area contributed by atoms with Crippen LogP contribution in [0.15, 0.2) is 40.6 Å². The van der Waals surface area contributed by atoms with Crippen LogP contribution in [-0.4, -0.2) is 21.5 Å². The number of nitriles is 1. The van der Waals surface area contributed by atoms with Crippen LogP contribution < -0.4 is 4.72 Å². The lowest BCUT2D eigenvalue weighted by atomic mass is 10.2. The molecule has 108 valence electrons. The standard InChI is InChI=1S/C13H10N2O4S2/c1-19-13(16)12-11(6-7-20-12)15-21(17,18)10-4-2-9(8-14)3-5-10/h2-7,15H,1H3. The van der Waals surface area contributed by atoms with Crippen molar-refractivity contribution in [1.29, 1.82) is 5.26 Å². The zero-order chi connectivity index (χ0) is 15.5. The van der Waals surface area contributed by atoms with Crippen molar-refractivity contribution in [2.45, 2.75) is 4.90 Å². The molecule has 1 aromatic heterocycles. The Hall–Kier alpha value is -2.37. The van der Waals surface area contributed by atoms with Gasteiger partial charge in [-0.3, -0.25) is 4.72 Å². The number of thiophene rings is 1. The average molecular weight is 322 g/mol. The van der Waals surface area contributed by atoms with Crippen LogP contribution in [0.3, 0.4) is 0 Å². The van der Waals surface area contributed by atoms with Crippen LogP contribution >= 0.6 is 11.3 Å². The van der Waals surface area contributed by atoms with Gasteiger partial charge in [-0.05, 0) is 35.7 Å². The first kappa shape index (κ1) is 15.0. The SMILES string of the molecule is COC(=O)c1sccc1NS(=O)(=O)c1ccc(C#N)cc1. The highest BCUT2D eigenvalue weighted by molar-refractivity contribution is 7.92. The summed E-state index contributed by atoms with van der Waals surface area (Å²) < 4.78 is 31.4. The monoisotopic (exact) mass is 322 g/mol. The number of anilines is 1. The number of ether oxygens (including phenoxy) is 1. The van der Waals surface area contributed by atoms with Crippen molar-refractivity contribution in [3.8, 4) is 6.07 Å². The second-order valence-corrected chi connectivity index (χ2v) is 6.50. The predicted octanol–water partition coefficient (Wildman–Crippen LogP) is 2.21. The Morgan fingerprint density at radius 2 is 1.95 bits per heavy atom. The number of carbonyl (C=O) groups is 1. The zero-order valence-corrected chi connectivity index (χ0v) is 12.5. The van der Waals surface area contributed by atoms with E-state index in [0.29, 0.717) is 5.56 Å². The summed E-state index contributed by atoms with van der Waals surface area (Å²) in [7, 11) is -2.61. The number of carbonyl (C=O) groups excluding carboxylic acids is 1. The number of nitrogens with one attached hydrogen (secondary N) is 1. The van der Waals surface area contributed by atoms with Crippen molar-refractivity contribution in [2.75, 3.05) is 11.8 Å². The first-order chi connectivity index (χ1) is 9.97. The summed E-state index contributed by atoms with van der Waals surface area (Å²) in [5.41, 5.74) is 0.524. The fraction of sp³-hybridized carbons (Fsp3) is 0.0769. The molecule has 0 aliphatic carbocycles. The maximum Gasteiger partial charge on any atom is 0.350 e. The second kappa shape index (κ2) is 5.95. The van der Waals surface area contributed by atoms with Gasteiger partial charge in [0.25, 0.3) is 10.0 Å². The topological polar surface area (TPSA) is 96.3 Å².